The number of nitrogen functional groups attached to an aromatic ring is 1. The van der Waals surface area contributed by atoms with Gasteiger partial charge in [-0.1, -0.05) is 18.7 Å². The lowest BCUT2D eigenvalue weighted by molar-refractivity contribution is -0.119. The normalized spacial score (nSPS) is 10.2. The Balaban J connectivity index is 2.96. The van der Waals surface area contributed by atoms with E-state index in [0.29, 0.717) is 16.8 Å². The van der Waals surface area contributed by atoms with Gasteiger partial charge in [-0.2, -0.15) is 0 Å². The first-order valence-electron chi connectivity index (χ1n) is 5.74. The zero-order chi connectivity index (χ0) is 13.5. The highest BCUT2D eigenvalue weighted by Gasteiger charge is 2.13. The number of nitrogens with two attached hydrogens (primary N) is 1. The third-order valence-electron chi connectivity index (χ3n) is 2.33. The Bertz CT molecular complexity index is 412. The van der Waals surface area contributed by atoms with Gasteiger partial charge < -0.3 is 16.0 Å². The molecule has 100 valence electrons. The van der Waals surface area contributed by atoms with Crippen molar-refractivity contribution in [3.05, 3.63) is 6.07 Å². The van der Waals surface area contributed by atoms with Crippen LogP contribution in [0.3, 0.4) is 0 Å². The zero-order valence-electron chi connectivity index (χ0n) is 10.9. The van der Waals surface area contributed by atoms with Crippen LogP contribution < -0.4 is 16.0 Å². The quantitative estimate of drug-likeness (QED) is 0.585. The number of nitrogens with one attached hydrogen (secondary N) is 1. The summed E-state index contributed by atoms with van der Waals surface area (Å²) in [6.07, 6.45) is 2.82. The van der Waals surface area contributed by atoms with Crippen LogP contribution in [0.2, 0.25) is 0 Å². The van der Waals surface area contributed by atoms with Crippen molar-refractivity contribution in [3.63, 3.8) is 0 Å². The minimum Gasteiger partial charge on any atom is -0.383 e. The molecule has 0 aromatic carbocycles. The SMILES string of the molecule is CCCN(CC(=O)NC)c1cc(N)nc(SC)n1. The van der Waals surface area contributed by atoms with Gasteiger partial charge in [0.1, 0.15) is 11.6 Å². The number of hydrogen-bond acceptors (Lipinski definition) is 6. The summed E-state index contributed by atoms with van der Waals surface area (Å²) in [7, 11) is 1.62. The molecular weight excluding hydrogens is 250 g/mol. The van der Waals surface area contributed by atoms with Crippen molar-refractivity contribution in [2.45, 2.75) is 18.5 Å². The molecule has 6 nitrogen and oxygen atoms in total. The molecule has 7 heteroatoms. The molecule has 0 atom stereocenters. The number of likely N-dealkylation sites (N-methyl/N-ethyl adjacent to an activating group) is 1. The molecule has 1 amide bonds. The molecule has 0 saturated heterocycles. The largest absolute Gasteiger partial charge is 0.383 e. The lowest BCUT2D eigenvalue weighted by atomic mass is 10.3. The molecule has 0 spiro atoms. The lowest BCUT2D eigenvalue weighted by Gasteiger charge is -2.22. The number of amides is 1. The second-order valence-corrected chi connectivity index (χ2v) is 4.51. The van der Waals surface area contributed by atoms with Crippen LogP contribution in [-0.2, 0) is 4.79 Å². The van der Waals surface area contributed by atoms with Gasteiger partial charge in [0.2, 0.25) is 5.91 Å². The van der Waals surface area contributed by atoms with Gasteiger partial charge in [-0.05, 0) is 12.7 Å². The highest BCUT2D eigenvalue weighted by Crippen LogP contribution is 2.18. The molecule has 1 rings (SSSR count). The molecule has 0 saturated carbocycles. The van der Waals surface area contributed by atoms with E-state index in [1.165, 1.54) is 11.8 Å². The maximum Gasteiger partial charge on any atom is 0.239 e. The van der Waals surface area contributed by atoms with Crippen LogP contribution in [0.15, 0.2) is 11.2 Å². The number of carbonyl (C=O) groups excluding carboxylic acids is 1. The maximum absolute atomic E-state index is 11.5. The Hall–Kier alpha value is -1.50. The van der Waals surface area contributed by atoms with E-state index in [0.717, 1.165) is 13.0 Å². The second-order valence-electron chi connectivity index (χ2n) is 3.73. The van der Waals surface area contributed by atoms with Crippen molar-refractivity contribution >= 4 is 29.3 Å². The fourth-order valence-electron chi connectivity index (χ4n) is 1.48. The third-order valence-corrected chi connectivity index (χ3v) is 2.87. The highest BCUT2D eigenvalue weighted by atomic mass is 32.2. The van der Waals surface area contributed by atoms with E-state index < -0.39 is 0 Å². The number of aromatic nitrogens is 2. The van der Waals surface area contributed by atoms with Crippen molar-refractivity contribution in [2.75, 3.05) is 37.0 Å². The number of rotatable bonds is 6. The monoisotopic (exact) mass is 269 g/mol. The molecule has 1 aromatic rings. The van der Waals surface area contributed by atoms with E-state index in [1.807, 2.05) is 11.2 Å². The third kappa shape index (κ3) is 4.06. The van der Waals surface area contributed by atoms with Crippen LogP contribution in [0.1, 0.15) is 13.3 Å². The summed E-state index contributed by atoms with van der Waals surface area (Å²) in [5.74, 6) is 1.06. The Morgan fingerprint density at radius 2 is 2.28 bits per heavy atom. The van der Waals surface area contributed by atoms with Crippen LogP contribution >= 0.6 is 11.8 Å². The summed E-state index contributed by atoms with van der Waals surface area (Å²) >= 11 is 1.43. The average Bonchev–Trinajstić information content (AvgIpc) is 2.37. The predicted octanol–water partition coefficient (Wildman–Crippen LogP) is 0.743. The van der Waals surface area contributed by atoms with E-state index in [4.69, 9.17) is 5.73 Å². The first-order valence-corrected chi connectivity index (χ1v) is 6.97. The van der Waals surface area contributed by atoms with Gasteiger partial charge in [0.15, 0.2) is 5.16 Å². The van der Waals surface area contributed by atoms with Gasteiger partial charge in [0.05, 0.1) is 6.54 Å². The number of carbonyl (C=O) groups is 1. The van der Waals surface area contributed by atoms with Crippen LogP contribution in [0.25, 0.3) is 0 Å². The predicted molar refractivity (Wildman–Crippen MR) is 74.8 cm³/mol. The topological polar surface area (TPSA) is 84.1 Å². The van der Waals surface area contributed by atoms with E-state index in [2.05, 4.69) is 22.2 Å². The molecule has 0 bridgehead atoms. The number of thioether (sulfide) groups is 1. The van der Waals surface area contributed by atoms with Crippen molar-refractivity contribution in [1.82, 2.24) is 15.3 Å². The number of nitrogens with zero attached hydrogens (tertiary/aromatic N) is 3. The summed E-state index contributed by atoms with van der Waals surface area (Å²) in [5.41, 5.74) is 5.74. The Morgan fingerprint density at radius 3 is 2.83 bits per heavy atom. The van der Waals surface area contributed by atoms with Crippen molar-refractivity contribution in [2.24, 2.45) is 0 Å². The average molecular weight is 269 g/mol. The molecule has 0 aliphatic heterocycles. The van der Waals surface area contributed by atoms with Crippen molar-refractivity contribution in [1.29, 1.82) is 0 Å². The van der Waals surface area contributed by atoms with Crippen LogP contribution in [-0.4, -0.2) is 42.3 Å². The van der Waals surface area contributed by atoms with Gasteiger partial charge in [-0.3, -0.25) is 4.79 Å². The maximum atomic E-state index is 11.5. The highest BCUT2D eigenvalue weighted by molar-refractivity contribution is 7.98. The summed E-state index contributed by atoms with van der Waals surface area (Å²) < 4.78 is 0. The van der Waals surface area contributed by atoms with Gasteiger partial charge >= 0.3 is 0 Å². The molecule has 18 heavy (non-hydrogen) atoms. The van der Waals surface area contributed by atoms with Crippen molar-refractivity contribution in [3.8, 4) is 0 Å². The molecule has 0 unspecified atom stereocenters. The first kappa shape index (κ1) is 14.6. The summed E-state index contributed by atoms with van der Waals surface area (Å²) in [5, 5.41) is 3.22. The molecule has 3 N–H and O–H groups in total. The molecule has 1 heterocycles. The van der Waals surface area contributed by atoms with E-state index in [-0.39, 0.29) is 12.5 Å². The van der Waals surface area contributed by atoms with Gasteiger partial charge in [0, 0.05) is 19.7 Å². The fourth-order valence-corrected chi connectivity index (χ4v) is 1.86. The molecule has 0 radical (unpaired) electrons. The van der Waals surface area contributed by atoms with Gasteiger partial charge in [-0.15, -0.1) is 0 Å². The Kier molecular flexibility index (Phi) is 5.70. The number of hydrogen-bond donors (Lipinski definition) is 2. The first-order chi connectivity index (χ1) is 8.60. The number of anilines is 2. The van der Waals surface area contributed by atoms with Gasteiger partial charge in [0.25, 0.3) is 0 Å². The summed E-state index contributed by atoms with van der Waals surface area (Å²) in [6, 6.07) is 1.69. The fraction of sp³-hybridized carbons (Fsp3) is 0.545. The standard InChI is InChI=1S/C11H19N5OS/c1-4-5-16(7-10(17)13-2)9-6-8(12)14-11(15-9)18-3/h6H,4-5,7H2,1-3H3,(H,13,17)(H2,12,14,15). The smallest absolute Gasteiger partial charge is 0.239 e. The molecular formula is C11H19N5OS. The van der Waals surface area contributed by atoms with E-state index in [9.17, 15) is 4.79 Å². The lowest BCUT2D eigenvalue weighted by Crippen LogP contribution is -2.36. The van der Waals surface area contributed by atoms with Gasteiger partial charge in [-0.25, -0.2) is 9.97 Å². The van der Waals surface area contributed by atoms with Crippen LogP contribution in [0.4, 0.5) is 11.6 Å². The Morgan fingerprint density at radius 1 is 1.56 bits per heavy atom. The van der Waals surface area contributed by atoms with E-state index in [1.54, 1.807) is 13.1 Å². The van der Waals surface area contributed by atoms with Crippen LogP contribution in [0, 0.1) is 0 Å². The molecule has 0 aliphatic rings. The zero-order valence-corrected chi connectivity index (χ0v) is 11.8. The molecule has 0 fully saturated rings. The molecule has 1 aromatic heterocycles. The van der Waals surface area contributed by atoms with Crippen LogP contribution in [0.5, 0.6) is 0 Å². The van der Waals surface area contributed by atoms with Crippen molar-refractivity contribution < 1.29 is 4.79 Å². The second kappa shape index (κ2) is 7.05. The molecule has 0 aliphatic carbocycles. The van der Waals surface area contributed by atoms with E-state index >= 15 is 0 Å². The minimum atomic E-state index is -0.0497. The minimum absolute atomic E-state index is 0.0497. The summed E-state index contributed by atoms with van der Waals surface area (Å²) in [6.45, 7) is 3.07. The summed E-state index contributed by atoms with van der Waals surface area (Å²) in [4.78, 5) is 21.8. The Labute approximate surface area is 111 Å².